The molecule has 1 amide bonds. The van der Waals surface area contributed by atoms with Gasteiger partial charge in [0, 0.05) is 18.2 Å². The van der Waals surface area contributed by atoms with Crippen LogP contribution in [0.4, 0.5) is 8.78 Å². The Morgan fingerprint density at radius 3 is 2.36 bits per heavy atom. The van der Waals surface area contributed by atoms with E-state index in [0.717, 1.165) is 17.7 Å². The molecule has 0 aliphatic carbocycles. The first-order valence-electron chi connectivity index (χ1n) is 7.84. The Bertz CT molecular complexity index is 758. The van der Waals surface area contributed by atoms with Crippen molar-refractivity contribution in [2.75, 3.05) is 6.61 Å². The molecule has 2 aromatic carbocycles. The number of hydrogen-bond donors (Lipinski definition) is 1. The summed E-state index contributed by atoms with van der Waals surface area (Å²) in [4.78, 5) is 23.6. The van der Waals surface area contributed by atoms with E-state index in [9.17, 15) is 18.4 Å². The van der Waals surface area contributed by atoms with Gasteiger partial charge in [0.25, 0.3) is 5.91 Å². The SMILES string of the molecule is CC(C)c1ccc(C(=O)OCC(=O)NCc2ccc(F)cc2F)cc1. The minimum absolute atomic E-state index is 0.119. The number of amides is 1. The van der Waals surface area contributed by atoms with Crippen LogP contribution in [0.15, 0.2) is 42.5 Å². The molecular weight excluding hydrogens is 328 g/mol. The van der Waals surface area contributed by atoms with Crippen molar-refractivity contribution in [2.45, 2.75) is 26.3 Å². The van der Waals surface area contributed by atoms with E-state index in [2.05, 4.69) is 5.32 Å². The maximum absolute atomic E-state index is 13.4. The summed E-state index contributed by atoms with van der Waals surface area (Å²) in [6, 6.07) is 10.0. The van der Waals surface area contributed by atoms with Crippen molar-refractivity contribution >= 4 is 11.9 Å². The van der Waals surface area contributed by atoms with Gasteiger partial charge >= 0.3 is 5.97 Å². The second-order valence-electron chi connectivity index (χ2n) is 5.87. The molecule has 2 aromatic rings. The summed E-state index contributed by atoms with van der Waals surface area (Å²) >= 11 is 0. The van der Waals surface area contributed by atoms with E-state index in [1.54, 1.807) is 12.1 Å². The summed E-state index contributed by atoms with van der Waals surface area (Å²) < 4.78 is 31.2. The average Bonchev–Trinajstić information content (AvgIpc) is 2.59. The van der Waals surface area contributed by atoms with Gasteiger partial charge in [0.05, 0.1) is 5.56 Å². The van der Waals surface area contributed by atoms with Crippen LogP contribution in [0.2, 0.25) is 0 Å². The van der Waals surface area contributed by atoms with E-state index in [0.29, 0.717) is 11.5 Å². The van der Waals surface area contributed by atoms with Crippen LogP contribution in [-0.4, -0.2) is 18.5 Å². The number of carbonyl (C=O) groups is 2. The van der Waals surface area contributed by atoms with E-state index < -0.39 is 30.1 Å². The molecule has 0 radical (unpaired) electrons. The molecule has 0 aromatic heterocycles. The Labute approximate surface area is 144 Å². The quantitative estimate of drug-likeness (QED) is 0.813. The Hall–Kier alpha value is -2.76. The molecule has 0 aliphatic rings. The molecule has 2 rings (SSSR count). The second-order valence-corrected chi connectivity index (χ2v) is 5.87. The predicted octanol–water partition coefficient (Wildman–Crippen LogP) is 3.56. The predicted molar refractivity (Wildman–Crippen MR) is 89.0 cm³/mol. The van der Waals surface area contributed by atoms with Crippen LogP contribution >= 0.6 is 0 Å². The first kappa shape index (κ1) is 18.6. The summed E-state index contributed by atoms with van der Waals surface area (Å²) in [5.74, 6) is -2.27. The first-order valence-corrected chi connectivity index (χ1v) is 7.84. The van der Waals surface area contributed by atoms with Gasteiger partial charge in [-0.15, -0.1) is 0 Å². The van der Waals surface area contributed by atoms with Gasteiger partial charge in [-0.05, 0) is 29.7 Å². The molecule has 6 heteroatoms. The molecule has 0 heterocycles. The minimum Gasteiger partial charge on any atom is -0.452 e. The summed E-state index contributed by atoms with van der Waals surface area (Å²) in [6.45, 7) is 3.49. The Morgan fingerprint density at radius 1 is 1.08 bits per heavy atom. The van der Waals surface area contributed by atoms with Crippen molar-refractivity contribution in [2.24, 2.45) is 0 Å². The number of hydrogen-bond acceptors (Lipinski definition) is 3. The van der Waals surface area contributed by atoms with Crippen molar-refractivity contribution in [3.8, 4) is 0 Å². The van der Waals surface area contributed by atoms with Crippen LogP contribution in [0.1, 0.15) is 41.3 Å². The van der Waals surface area contributed by atoms with Crippen LogP contribution in [0.25, 0.3) is 0 Å². The number of esters is 1. The third-order valence-corrected chi connectivity index (χ3v) is 3.64. The summed E-state index contributed by atoms with van der Waals surface area (Å²) in [5, 5.41) is 2.41. The van der Waals surface area contributed by atoms with Crippen LogP contribution in [-0.2, 0) is 16.1 Å². The molecule has 1 N–H and O–H groups in total. The minimum atomic E-state index is -0.748. The summed E-state index contributed by atoms with van der Waals surface area (Å²) in [7, 11) is 0. The molecule has 0 unspecified atom stereocenters. The number of carbonyl (C=O) groups excluding carboxylic acids is 2. The van der Waals surface area contributed by atoms with Crippen molar-refractivity contribution in [3.63, 3.8) is 0 Å². The normalized spacial score (nSPS) is 10.6. The molecule has 132 valence electrons. The molecule has 25 heavy (non-hydrogen) atoms. The standard InChI is InChI=1S/C19H19F2NO3/c1-12(2)13-3-5-14(6-4-13)19(24)25-11-18(23)22-10-15-7-8-16(20)9-17(15)21/h3-9,12H,10-11H2,1-2H3,(H,22,23). The lowest BCUT2D eigenvalue weighted by atomic mass is 10.0. The topological polar surface area (TPSA) is 55.4 Å². The van der Waals surface area contributed by atoms with Gasteiger partial charge in [0.15, 0.2) is 6.61 Å². The lowest BCUT2D eigenvalue weighted by molar-refractivity contribution is -0.124. The van der Waals surface area contributed by atoms with Gasteiger partial charge in [-0.25, -0.2) is 13.6 Å². The number of halogens is 2. The Morgan fingerprint density at radius 2 is 1.76 bits per heavy atom. The molecule has 4 nitrogen and oxygen atoms in total. The zero-order valence-electron chi connectivity index (χ0n) is 14.0. The zero-order chi connectivity index (χ0) is 18.4. The second kappa shape index (κ2) is 8.37. The molecule has 0 aliphatic heterocycles. The summed E-state index contributed by atoms with van der Waals surface area (Å²) in [5.41, 5.74) is 1.59. The fourth-order valence-corrected chi connectivity index (χ4v) is 2.13. The number of nitrogens with one attached hydrogen (secondary N) is 1. The van der Waals surface area contributed by atoms with Crippen LogP contribution in [0.3, 0.4) is 0 Å². The first-order chi connectivity index (χ1) is 11.9. The van der Waals surface area contributed by atoms with E-state index in [4.69, 9.17) is 4.74 Å². The molecule has 0 saturated carbocycles. The monoisotopic (exact) mass is 347 g/mol. The summed E-state index contributed by atoms with van der Waals surface area (Å²) in [6.07, 6.45) is 0. The maximum atomic E-state index is 13.4. The van der Waals surface area contributed by atoms with Crippen LogP contribution in [0, 0.1) is 11.6 Å². The van der Waals surface area contributed by atoms with Crippen molar-refractivity contribution < 1.29 is 23.1 Å². The smallest absolute Gasteiger partial charge is 0.338 e. The van der Waals surface area contributed by atoms with Gasteiger partial charge in [-0.1, -0.05) is 32.0 Å². The largest absolute Gasteiger partial charge is 0.452 e. The molecule has 0 atom stereocenters. The Kier molecular flexibility index (Phi) is 6.22. The van der Waals surface area contributed by atoms with E-state index in [1.807, 2.05) is 26.0 Å². The van der Waals surface area contributed by atoms with Crippen molar-refractivity contribution in [3.05, 3.63) is 70.8 Å². The van der Waals surface area contributed by atoms with E-state index >= 15 is 0 Å². The third-order valence-electron chi connectivity index (χ3n) is 3.64. The fourth-order valence-electron chi connectivity index (χ4n) is 2.13. The van der Waals surface area contributed by atoms with Crippen LogP contribution < -0.4 is 5.32 Å². The maximum Gasteiger partial charge on any atom is 0.338 e. The fraction of sp³-hybridized carbons (Fsp3) is 0.263. The van der Waals surface area contributed by atoms with Gasteiger partial charge in [-0.2, -0.15) is 0 Å². The van der Waals surface area contributed by atoms with Gasteiger partial charge in [0.2, 0.25) is 0 Å². The number of rotatable bonds is 6. The highest BCUT2D eigenvalue weighted by Crippen LogP contribution is 2.15. The van der Waals surface area contributed by atoms with Crippen molar-refractivity contribution in [1.29, 1.82) is 0 Å². The molecule has 0 fully saturated rings. The highest BCUT2D eigenvalue weighted by Gasteiger charge is 2.11. The highest BCUT2D eigenvalue weighted by atomic mass is 19.1. The molecule has 0 bridgehead atoms. The van der Waals surface area contributed by atoms with Crippen molar-refractivity contribution in [1.82, 2.24) is 5.32 Å². The zero-order valence-corrected chi connectivity index (χ0v) is 14.0. The van der Waals surface area contributed by atoms with E-state index in [1.165, 1.54) is 6.07 Å². The molecule has 0 saturated heterocycles. The van der Waals surface area contributed by atoms with Gasteiger partial charge in [0.1, 0.15) is 11.6 Å². The number of benzene rings is 2. The average molecular weight is 347 g/mol. The number of ether oxygens (including phenoxy) is 1. The highest BCUT2D eigenvalue weighted by molar-refractivity contribution is 5.91. The lowest BCUT2D eigenvalue weighted by Gasteiger charge is -2.09. The van der Waals surface area contributed by atoms with E-state index in [-0.39, 0.29) is 12.1 Å². The third kappa shape index (κ3) is 5.38. The molecule has 0 spiro atoms. The lowest BCUT2D eigenvalue weighted by Crippen LogP contribution is -2.28. The van der Waals surface area contributed by atoms with Crippen LogP contribution in [0.5, 0.6) is 0 Å². The van der Waals surface area contributed by atoms with Gasteiger partial charge in [-0.3, -0.25) is 4.79 Å². The molecular formula is C19H19F2NO3. The Balaban J connectivity index is 1.81. The van der Waals surface area contributed by atoms with Gasteiger partial charge < -0.3 is 10.1 Å².